The largest absolute Gasteiger partial charge is 0.274 e. The van der Waals surface area contributed by atoms with Gasteiger partial charge in [0.25, 0.3) is 0 Å². The average molecular weight is 248 g/mol. The first kappa shape index (κ1) is 12.2. The summed E-state index contributed by atoms with van der Waals surface area (Å²) in [5.41, 5.74) is 2.08. The van der Waals surface area contributed by atoms with Crippen LogP contribution in [-0.2, 0) is 4.79 Å². The second-order valence-corrected chi connectivity index (χ2v) is 5.65. The van der Waals surface area contributed by atoms with Crippen LogP contribution in [0.2, 0.25) is 0 Å². The fourth-order valence-electron chi connectivity index (χ4n) is 1.71. The van der Waals surface area contributed by atoms with E-state index in [1.165, 1.54) is 5.56 Å². The van der Waals surface area contributed by atoms with Crippen LogP contribution in [0.5, 0.6) is 0 Å². The SMILES string of the molecule is CC(=O)N(C1=NCC(C)S1)c1ccc(C)cc1. The number of amides is 1. The number of hydrogen-bond acceptors (Lipinski definition) is 3. The second-order valence-electron chi connectivity index (χ2n) is 4.24. The van der Waals surface area contributed by atoms with E-state index in [-0.39, 0.29) is 5.91 Å². The smallest absolute Gasteiger partial charge is 0.230 e. The number of carbonyl (C=O) groups excluding carboxylic acids is 1. The first-order valence-corrected chi connectivity index (χ1v) is 6.54. The maximum Gasteiger partial charge on any atom is 0.230 e. The van der Waals surface area contributed by atoms with Gasteiger partial charge in [-0.15, -0.1) is 0 Å². The minimum absolute atomic E-state index is 0.00852. The number of amidine groups is 1. The lowest BCUT2D eigenvalue weighted by Gasteiger charge is -2.20. The maximum absolute atomic E-state index is 11.8. The molecule has 17 heavy (non-hydrogen) atoms. The summed E-state index contributed by atoms with van der Waals surface area (Å²) in [5, 5.41) is 1.27. The third-order valence-electron chi connectivity index (χ3n) is 2.59. The molecule has 1 atom stereocenters. The Hall–Kier alpha value is -1.29. The van der Waals surface area contributed by atoms with Gasteiger partial charge in [-0.2, -0.15) is 0 Å². The van der Waals surface area contributed by atoms with E-state index in [2.05, 4.69) is 11.9 Å². The maximum atomic E-state index is 11.8. The normalized spacial score (nSPS) is 19.0. The van der Waals surface area contributed by atoms with Crippen LogP contribution >= 0.6 is 11.8 Å². The van der Waals surface area contributed by atoms with Gasteiger partial charge in [0.05, 0.1) is 12.2 Å². The summed E-state index contributed by atoms with van der Waals surface area (Å²) in [6.07, 6.45) is 0. The molecule has 1 aromatic rings. The van der Waals surface area contributed by atoms with Crippen molar-refractivity contribution in [2.75, 3.05) is 11.4 Å². The Morgan fingerprint density at radius 2 is 2.06 bits per heavy atom. The molecule has 0 radical (unpaired) electrons. The van der Waals surface area contributed by atoms with Gasteiger partial charge < -0.3 is 0 Å². The van der Waals surface area contributed by atoms with E-state index in [0.29, 0.717) is 5.25 Å². The quantitative estimate of drug-likeness (QED) is 0.765. The first-order valence-electron chi connectivity index (χ1n) is 5.66. The van der Waals surface area contributed by atoms with Crippen LogP contribution in [0, 0.1) is 6.92 Å². The summed E-state index contributed by atoms with van der Waals surface area (Å²) < 4.78 is 0. The Bertz CT molecular complexity index is 453. The van der Waals surface area contributed by atoms with Gasteiger partial charge in [0.1, 0.15) is 0 Å². The molecule has 1 amide bonds. The summed E-state index contributed by atoms with van der Waals surface area (Å²) in [6.45, 7) is 6.52. The van der Waals surface area contributed by atoms with Crippen molar-refractivity contribution in [1.29, 1.82) is 0 Å². The molecule has 3 nitrogen and oxygen atoms in total. The molecule has 0 fully saturated rings. The van der Waals surface area contributed by atoms with Crippen molar-refractivity contribution in [3.05, 3.63) is 29.8 Å². The lowest BCUT2D eigenvalue weighted by Crippen LogP contribution is -2.32. The highest BCUT2D eigenvalue weighted by Gasteiger charge is 2.24. The monoisotopic (exact) mass is 248 g/mol. The number of thioether (sulfide) groups is 1. The Morgan fingerprint density at radius 1 is 1.41 bits per heavy atom. The molecule has 1 aliphatic rings. The Balaban J connectivity index is 2.30. The highest BCUT2D eigenvalue weighted by Crippen LogP contribution is 2.27. The predicted molar refractivity (Wildman–Crippen MR) is 73.7 cm³/mol. The topological polar surface area (TPSA) is 32.7 Å². The molecule has 1 aromatic carbocycles. The number of carbonyl (C=O) groups is 1. The highest BCUT2D eigenvalue weighted by molar-refractivity contribution is 8.15. The van der Waals surface area contributed by atoms with Crippen LogP contribution in [0.25, 0.3) is 0 Å². The summed E-state index contributed by atoms with van der Waals surface area (Å²) in [7, 11) is 0. The fourth-order valence-corrected chi connectivity index (χ4v) is 2.70. The zero-order valence-electron chi connectivity index (χ0n) is 10.3. The molecule has 2 rings (SSSR count). The molecule has 1 aliphatic heterocycles. The molecular formula is C13H16N2OS. The van der Waals surface area contributed by atoms with Gasteiger partial charge in [0.15, 0.2) is 5.17 Å². The van der Waals surface area contributed by atoms with Gasteiger partial charge in [0, 0.05) is 12.2 Å². The zero-order chi connectivity index (χ0) is 12.4. The van der Waals surface area contributed by atoms with Crippen molar-refractivity contribution in [2.45, 2.75) is 26.0 Å². The van der Waals surface area contributed by atoms with Gasteiger partial charge in [-0.1, -0.05) is 36.4 Å². The van der Waals surface area contributed by atoms with Crippen LogP contribution < -0.4 is 4.90 Å². The van der Waals surface area contributed by atoms with Crippen molar-refractivity contribution in [3.63, 3.8) is 0 Å². The van der Waals surface area contributed by atoms with Crippen LogP contribution in [0.4, 0.5) is 5.69 Å². The molecule has 1 unspecified atom stereocenters. The van der Waals surface area contributed by atoms with Crippen molar-refractivity contribution >= 4 is 28.5 Å². The van der Waals surface area contributed by atoms with Crippen molar-refractivity contribution in [3.8, 4) is 0 Å². The number of benzene rings is 1. The molecule has 0 bridgehead atoms. The average Bonchev–Trinajstić information content (AvgIpc) is 2.68. The first-order chi connectivity index (χ1) is 8.08. The zero-order valence-corrected chi connectivity index (χ0v) is 11.1. The Labute approximate surface area is 106 Å². The minimum Gasteiger partial charge on any atom is -0.274 e. The third-order valence-corrected chi connectivity index (χ3v) is 3.66. The predicted octanol–water partition coefficient (Wildman–Crippen LogP) is 2.84. The Kier molecular flexibility index (Phi) is 3.52. The van der Waals surface area contributed by atoms with Crippen molar-refractivity contribution in [2.24, 2.45) is 4.99 Å². The standard InChI is InChI=1S/C13H16N2OS/c1-9-4-6-12(7-5-9)15(11(3)16)13-14-8-10(2)17-13/h4-7,10H,8H2,1-3H3. The van der Waals surface area contributed by atoms with Gasteiger partial charge in [-0.3, -0.25) is 14.7 Å². The number of anilines is 1. The number of nitrogens with zero attached hydrogens (tertiary/aromatic N) is 2. The molecule has 90 valence electrons. The van der Waals surface area contributed by atoms with Gasteiger partial charge in [0.2, 0.25) is 5.91 Å². The highest BCUT2D eigenvalue weighted by atomic mass is 32.2. The van der Waals surface area contributed by atoms with Gasteiger partial charge >= 0.3 is 0 Å². The fraction of sp³-hybridized carbons (Fsp3) is 0.385. The van der Waals surface area contributed by atoms with Crippen LogP contribution in [0.1, 0.15) is 19.4 Å². The lowest BCUT2D eigenvalue weighted by molar-refractivity contribution is -0.115. The summed E-state index contributed by atoms with van der Waals surface area (Å²) in [4.78, 5) is 17.9. The van der Waals surface area contributed by atoms with Gasteiger partial charge in [-0.05, 0) is 19.1 Å². The molecule has 0 saturated carbocycles. The van der Waals surface area contributed by atoms with Crippen LogP contribution in [0.3, 0.4) is 0 Å². The third kappa shape index (κ3) is 2.69. The van der Waals surface area contributed by atoms with Gasteiger partial charge in [-0.25, -0.2) is 0 Å². The Morgan fingerprint density at radius 3 is 2.53 bits per heavy atom. The number of aliphatic imine (C=N–C) groups is 1. The second kappa shape index (κ2) is 4.92. The van der Waals surface area contributed by atoms with E-state index in [0.717, 1.165) is 17.4 Å². The molecule has 1 heterocycles. The van der Waals surface area contributed by atoms with Crippen LogP contribution in [0.15, 0.2) is 29.3 Å². The van der Waals surface area contributed by atoms with E-state index in [9.17, 15) is 4.79 Å². The lowest BCUT2D eigenvalue weighted by atomic mass is 10.2. The summed E-state index contributed by atoms with van der Waals surface area (Å²) in [5.74, 6) is 0.00852. The number of hydrogen-bond donors (Lipinski definition) is 0. The van der Waals surface area contributed by atoms with E-state index in [1.807, 2.05) is 31.2 Å². The molecule has 0 spiro atoms. The van der Waals surface area contributed by atoms with E-state index < -0.39 is 0 Å². The molecule has 0 aliphatic carbocycles. The van der Waals surface area contributed by atoms with E-state index in [1.54, 1.807) is 23.6 Å². The summed E-state index contributed by atoms with van der Waals surface area (Å²) >= 11 is 1.66. The molecule has 0 N–H and O–H groups in total. The summed E-state index contributed by atoms with van der Waals surface area (Å²) in [6, 6.07) is 7.94. The van der Waals surface area contributed by atoms with E-state index in [4.69, 9.17) is 0 Å². The molecule has 0 aromatic heterocycles. The van der Waals surface area contributed by atoms with Crippen molar-refractivity contribution < 1.29 is 4.79 Å². The molecule has 0 saturated heterocycles. The molecular weight excluding hydrogens is 232 g/mol. The minimum atomic E-state index is 0.00852. The molecule has 4 heteroatoms. The van der Waals surface area contributed by atoms with Crippen LogP contribution in [-0.4, -0.2) is 22.9 Å². The van der Waals surface area contributed by atoms with Crippen molar-refractivity contribution in [1.82, 2.24) is 0 Å². The number of rotatable bonds is 1. The van der Waals surface area contributed by atoms with E-state index >= 15 is 0 Å². The number of aryl methyl sites for hydroxylation is 1.